The maximum absolute atomic E-state index is 12.1. The number of ether oxygens (including phenoxy) is 1. The van der Waals surface area contributed by atoms with Crippen LogP contribution in [0.1, 0.15) is 53.6 Å². The molecule has 0 atom stereocenters. The average molecular weight is 438 g/mol. The number of benzene rings is 1. The Labute approximate surface area is 191 Å². The number of carbonyl (C=O) groups excluding carboxylic acids is 1. The molecule has 1 aliphatic rings. The molecule has 7 nitrogen and oxygen atoms in total. The van der Waals surface area contributed by atoms with Gasteiger partial charge in [-0.3, -0.25) is 9.79 Å². The SMILES string of the molecule is CN=C(NCCc1cccc(C(=O)N(C)C)c1)NCc1ccc(OC2CCCCC2)nc1. The zero-order valence-electron chi connectivity index (χ0n) is 19.4. The Balaban J connectivity index is 1.42. The van der Waals surface area contributed by atoms with Gasteiger partial charge in [-0.2, -0.15) is 0 Å². The molecule has 0 unspecified atom stereocenters. The second kappa shape index (κ2) is 12.1. The third kappa shape index (κ3) is 7.25. The second-order valence-electron chi connectivity index (χ2n) is 8.39. The molecule has 2 aromatic rings. The Hall–Kier alpha value is -3.09. The number of aromatic nitrogens is 1. The smallest absolute Gasteiger partial charge is 0.253 e. The third-order valence-corrected chi connectivity index (χ3v) is 5.61. The standard InChI is InChI=1S/C25H35N5O2/c1-26-25(27-15-14-19-8-7-9-21(16-19)24(31)30(2)3)29-18-20-12-13-23(28-17-20)32-22-10-5-4-6-11-22/h7-9,12-13,16-17,22H,4-6,10-11,14-15,18H2,1-3H3,(H2,26,27,29). The van der Waals surface area contributed by atoms with Gasteiger partial charge in [-0.1, -0.05) is 24.6 Å². The van der Waals surface area contributed by atoms with E-state index in [4.69, 9.17) is 4.74 Å². The highest BCUT2D eigenvalue weighted by atomic mass is 16.5. The number of hydrogen-bond donors (Lipinski definition) is 2. The molecule has 1 fully saturated rings. The minimum Gasteiger partial charge on any atom is -0.474 e. The summed E-state index contributed by atoms with van der Waals surface area (Å²) in [4.78, 5) is 22.5. The van der Waals surface area contributed by atoms with E-state index < -0.39 is 0 Å². The maximum Gasteiger partial charge on any atom is 0.253 e. The summed E-state index contributed by atoms with van der Waals surface area (Å²) < 4.78 is 6.00. The molecule has 32 heavy (non-hydrogen) atoms. The number of hydrogen-bond acceptors (Lipinski definition) is 4. The van der Waals surface area contributed by atoms with Crippen molar-refractivity contribution < 1.29 is 9.53 Å². The van der Waals surface area contributed by atoms with Gasteiger partial charge < -0.3 is 20.3 Å². The molecular weight excluding hydrogens is 402 g/mol. The number of amides is 1. The maximum atomic E-state index is 12.1. The lowest BCUT2D eigenvalue weighted by Gasteiger charge is -2.22. The molecule has 172 valence electrons. The fourth-order valence-electron chi connectivity index (χ4n) is 3.79. The van der Waals surface area contributed by atoms with E-state index in [9.17, 15) is 4.79 Å². The van der Waals surface area contributed by atoms with Crippen molar-refractivity contribution in [2.75, 3.05) is 27.7 Å². The van der Waals surface area contributed by atoms with Gasteiger partial charge in [0.05, 0.1) is 0 Å². The molecule has 1 aromatic heterocycles. The number of nitrogens with one attached hydrogen (secondary N) is 2. The van der Waals surface area contributed by atoms with Gasteiger partial charge in [-0.25, -0.2) is 4.98 Å². The highest BCUT2D eigenvalue weighted by Gasteiger charge is 2.15. The summed E-state index contributed by atoms with van der Waals surface area (Å²) in [6.45, 7) is 1.34. The van der Waals surface area contributed by atoms with Crippen molar-refractivity contribution in [3.8, 4) is 5.88 Å². The lowest BCUT2D eigenvalue weighted by atomic mass is 9.98. The normalized spacial score (nSPS) is 14.7. The summed E-state index contributed by atoms with van der Waals surface area (Å²) in [7, 11) is 5.28. The Bertz CT molecular complexity index is 889. The molecule has 1 saturated carbocycles. The minimum absolute atomic E-state index is 0.0149. The summed E-state index contributed by atoms with van der Waals surface area (Å²) >= 11 is 0. The predicted octanol–water partition coefficient (Wildman–Crippen LogP) is 3.40. The average Bonchev–Trinajstić information content (AvgIpc) is 2.82. The quantitative estimate of drug-likeness (QED) is 0.489. The van der Waals surface area contributed by atoms with Crippen LogP contribution in [0.2, 0.25) is 0 Å². The van der Waals surface area contributed by atoms with E-state index in [0.717, 1.165) is 36.3 Å². The second-order valence-corrected chi connectivity index (χ2v) is 8.39. The van der Waals surface area contributed by atoms with Crippen LogP contribution in [-0.2, 0) is 13.0 Å². The Morgan fingerprint density at radius 2 is 1.94 bits per heavy atom. The molecule has 2 N–H and O–H groups in total. The van der Waals surface area contributed by atoms with Crippen molar-refractivity contribution >= 4 is 11.9 Å². The fourth-order valence-corrected chi connectivity index (χ4v) is 3.79. The van der Waals surface area contributed by atoms with Crippen LogP contribution in [0.15, 0.2) is 47.6 Å². The summed E-state index contributed by atoms with van der Waals surface area (Å²) in [6, 6.07) is 11.7. The first-order chi connectivity index (χ1) is 15.5. The van der Waals surface area contributed by atoms with Crippen LogP contribution in [0.5, 0.6) is 5.88 Å². The first kappa shape index (κ1) is 23.6. The van der Waals surface area contributed by atoms with Crippen molar-refractivity contribution in [2.45, 2.75) is 51.2 Å². The van der Waals surface area contributed by atoms with Crippen molar-refractivity contribution in [1.82, 2.24) is 20.5 Å². The Morgan fingerprint density at radius 3 is 2.62 bits per heavy atom. The molecule has 0 bridgehead atoms. The monoisotopic (exact) mass is 437 g/mol. The van der Waals surface area contributed by atoms with Crippen LogP contribution in [-0.4, -0.2) is 55.5 Å². The van der Waals surface area contributed by atoms with Crippen LogP contribution >= 0.6 is 0 Å². The van der Waals surface area contributed by atoms with Crippen LogP contribution in [0, 0.1) is 0 Å². The van der Waals surface area contributed by atoms with Crippen LogP contribution in [0.25, 0.3) is 0 Å². The zero-order chi connectivity index (χ0) is 22.8. The lowest BCUT2D eigenvalue weighted by molar-refractivity contribution is 0.0827. The molecule has 1 aromatic carbocycles. The number of carbonyl (C=O) groups is 1. The van der Waals surface area contributed by atoms with E-state index in [2.05, 4.69) is 20.6 Å². The van der Waals surface area contributed by atoms with Crippen LogP contribution < -0.4 is 15.4 Å². The van der Waals surface area contributed by atoms with Gasteiger partial charge >= 0.3 is 0 Å². The van der Waals surface area contributed by atoms with Gasteiger partial charge in [0, 0.05) is 52.1 Å². The van der Waals surface area contributed by atoms with Gasteiger partial charge in [-0.05, 0) is 55.4 Å². The van der Waals surface area contributed by atoms with E-state index in [1.54, 1.807) is 26.0 Å². The highest BCUT2D eigenvalue weighted by Crippen LogP contribution is 2.22. The molecule has 1 aliphatic carbocycles. The Kier molecular flexibility index (Phi) is 8.90. The Morgan fingerprint density at radius 1 is 1.12 bits per heavy atom. The molecule has 1 heterocycles. The largest absolute Gasteiger partial charge is 0.474 e. The predicted molar refractivity (Wildman–Crippen MR) is 128 cm³/mol. The van der Waals surface area contributed by atoms with E-state index in [1.807, 2.05) is 42.6 Å². The van der Waals surface area contributed by atoms with E-state index in [-0.39, 0.29) is 5.91 Å². The molecule has 0 spiro atoms. The number of pyridine rings is 1. The van der Waals surface area contributed by atoms with Crippen LogP contribution in [0.4, 0.5) is 0 Å². The molecule has 0 aliphatic heterocycles. The van der Waals surface area contributed by atoms with Crippen molar-refractivity contribution in [3.63, 3.8) is 0 Å². The lowest BCUT2D eigenvalue weighted by Crippen LogP contribution is -2.37. The molecule has 3 rings (SSSR count). The summed E-state index contributed by atoms with van der Waals surface area (Å²) in [5, 5.41) is 6.64. The van der Waals surface area contributed by atoms with Crippen molar-refractivity contribution in [3.05, 3.63) is 59.3 Å². The minimum atomic E-state index is 0.0149. The molecule has 1 amide bonds. The highest BCUT2D eigenvalue weighted by molar-refractivity contribution is 5.94. The van der Waals surface area contributed by atoms with E-state index >= 15 is 0 Å². The summed E-state index contributed by atoms with van der Waals surface area (Å²) in [5.74, 6) is 1.45. The molecule has 0 saturated heterocycles. The number of nitrogens with zero attached hydrogens (tertiary/aromatic N) is 3. The number of aliphatic imine (C=N–C) groups is 1. The van der Waals surface area contributed by atoms with E-state index in [1.165, 1.54) is 19.3 Å². The number of rotatable bonds is 8. The number of guanidine groups is 1. The van der Waals surface area contributed by atoms with E-state index in [0.29, 0.717) is 30.6 Å². The topological polar surface area (TPSA) is 78.9 Å². The van der Waals surface area contributed by atoms with Gasteiger partial charge in [0.2, 0.25) is 5.88 Å². The third-order valence-electron chi connectivity index (χ3n) is 5.61. The first-order valence-corrected chi connectivity index (χ1v) is 11.4. The van der Waals surface area contributed by atoms with Gasteiger partial charge in [-0.15, -0.1) is 0 Å². The van der Waals surface area contributed by atoms with Crippen LogP contribution in [0.3, 0.4) is 0 Å². The molecular formula is C25H35N5O2. The van der Waals surface area contributed by atoms with Crippen molar-refractivity contribution in [1.29, 1.82) is 0 Å². The van der Waals surface area contributed by atoms with Gasteiger partial charge in [0.1, 0.15) is 6.10 Å². The van der Waals surface area contributed by atoms with Gasteiger partial charge in [0.25, 0.3) is 5.91 Å². The molecule has 7 heteroatoms. The van der Waals surface area contributed by atoms with Crippen molar-refractivity contribution in [2.24, 2.45) is 4.99 Å². The first-order valence-electron chi connectivity index (χ1n) is 11.4. The summed E-state index contributed by atoms with van der Waals surface area (Å²) in [5.41, 5.74) is 2.88. The summed E-state index contributed by atoms with van der Waals surface area (Å²) in [6.07, 6.45) is 9.03. The zero-order valence-corrected chi connectivity index (χ0v) is 19.4. The van der Waals surface area contributed by atoms with Gasteiger partial charge in [0.15, 0.2) is 5.96 Å². The molecule has 0 radical (unpaired) electrons. The fraction of sp³-hybridized carbons (Fsp3) is 0.480.